The topological polar surface area (TPSA) is 47.1 Å². The maximum Gasteiger partial charge on any atom is 0.169 e. The summed E-state index contributed by atoms with van der Waals surface area (Å²) in [5.74, 6) is 3.20. The Hall–Kier alpha value is -1.85. The number of aromatic amines is 1. The lowest BCUT2D eigenvalue weighted by molar-refractivity contribution is -0.0410. The van der Waals surface area contributed by atoms with E-state index in [1.807, 2.05) is 36.4 Å². The van der Waals surface area contributed by atoms with Gasteiger partial charge in [-0.2, -0.15) is 0 Å². The number of halogens is 1. The summed E-state index contributed by atoms with van der Waals surface area (Å²) >= 11 is 3.62. The molecule has 2 aromatic carbocycles. The Kier molecular flexibility index (Phi) is 4.02. The summed E-state index contributed by atoms with van der Waals surface area (Å²) in [6, 6.07) is 13.9. The first kappa shape index (κ1) is 16.3. The second-order valence-corrected chi connectivity index (χ2v) is 8.38. The summed E-state index contributed by atoms with van der Waals surface area (Å²) in [5, 5.41) is 0. The van der Waals surface area contributed by atoms with Crippen LogP contribution >= 0.6 is 15.9 Å². The van der Waals surface area contributed by atoms with Crippen LogP contribution in [0.3, 0.4) is 0 Å². The lowest BCUT2D eigenvalue weighted by Crippen LogP contribution is -2.40. The van der Waals surface area contributed by atoms with Crippen LogP contribution in [0.25, 0.3) is 11.0 Å². The zero-order chi connectivity index (χ0) is 17.6. The number of hydrogen-bond donors (Lipinski definition) is 1. The molecule has 0 amide bonds. The second kappa shape index (κ2) is 6.39. The number of nitrogens with zero attached hydrogens (tertiary/aromatic N) is 1. The second-order valence-electron chi connectivity index (χ2n) is 7.53. The number of hydrogen-bond acceptors (Lipinski definition) is 3. The van der Waals surface area contributed by atoms with Crippen molar-refractivity contribution in [3.05, 3.63) is 52.8 Å². The van der Waals surface area contributed by atoms with Gasteiger partial charge in [0.15, 0.2) is 5.75 Å². The molecule has 1 aromatic heterocycles. The van der Waals surface area contributed by atoms with Crippen LogP contribution in [-0.4, -0.2) is 23.2 Å². The summed E-state index contributed by atoms with van der Waals surface area (Å²) < 4.78 is 12.6. The number of imidazole rings is 1. The summed E-state index contributed by atoms with van der Waals surface area (Å²) in [5.41, 5.74) is 2.42. The van der Waals surface area contributed by atoms with Crippen molar-refractivity contribution in [3.63, 3.8) is 0 Å². The molecule has 0 radical (unpaired) electrons. The fourth-order valence-electron chi connectivity index (χ4n) is 4.33. The van der Waals surface area contributed by atoms with Crippen LogP contribution in [0.1, 0.15) is 37.4 Å². The molecular weight excluding hydrogens is 392 g/mol. The smallest absolute Gasteiger partial charge is 0.169 e. The standard InChI is InChI=1S/C21H21BrN2O2/c22-16-6-7-17-18(19(16)26-15-4-2-1-3-5-15)24-20(23-17)14-12-21(13-14)8-10-25-11-9-21/h1-7,14H,8-13H2,(H,23,24). The third kappa shape index (κ3) is 2.83. The van der Waals surface area contributed by atoms with Crippen molar-refractivity contribution in [2.75, 3.05) is 13.2 Å². The van der Waals surface area contributed by atoms with E-state index >= 15 is 0 Å². The van der Waals surface area contributed by atoms with Gasteiger partial charge in [0.05, 0.1) is 9.99 Å². The Balaban J connectivity index is 1.44. The van der Waals surface area contributed by atoms with Gasteiger partial charge in [-0.05, 0) is 71.3 Å². The molecule has 0 bridgehead atoms. The molecule has 0 atom stereocenters. The van der Waals surface area contributed by atoms with E-state index in [0.29, 0.717) is 11.3 Å². The molecule has 2 fully saturated rings. The maximum atomic E-state index is 6.13. The zero-order valence-electron chi connectivity index (χ0n) is 14.5. The van der Waals surface area contributed by atoms with Crippen molar-refractivity contribution in [2.24, 2.45) is 5.41 Å². The minimum Gasteiger partial charge on any atom is -0.454 e. The minimum absolute atomic E-state index is 0.492. The van der Waals surface area contributed by atoms with Gasteiger partial charge in [-0.1, -0.05) is 18.2 Å². The lowest BCUT2D eigenvalue weighted by Gasteiger charge is -2.49. The van der Waals surface area contributed by atoms with Gasteiger partial charge in [0.2, 0.25) is 0 Å². The number of benzene rings is 2. The van der Waals surface area contributed by atoms with E-state index in [9.17, 15) is 0 Å². The fourth-order valence-corrected chi connectivity index (χ4v) is 4.73. The fraction of sp³-hybridized carbons (Fsp3) is 0.381. The molecular formula is C21H21BrN2O2. The van der Waals surface area contributed by atoms with Crippen molar-refractivity contribution in [2.45, 2.75) is 31.6 Å². The van der Waals surface area contributed by atoms with E-state index in [0.717, 1.165) is 46.0 Å². The Morgan fingerprint density at radius 3 is 2.62 bits per heavy atom. The third-order valence-corrected chi connectivity index (χ3v) is 6.46. The summed E-state index contributed by atoms with van der Waals surface area (Å²) in [6.45, 7) is 1.82. The lowest BCUT2D eigenvalue weighted by atomic mass is 9.58. The number of rotatable bonds is 3. The van der Waals surface area contributed by atoms with E-state index in [4.69, 9.17) is 14.5 Å². The van der Waals surface area contributed by atoms with Crippen molar-refractivity contribution >= 4 is 27.0 Å². The highest BCUT2D eigenvalue weighted by Crippen LogP contribution is 2.56. The van der Waals surface area contributed by atoms with Gasteiger partial charge in [-0.3, -0.25) is 0 Å². The summed E-state index contributed by atoms with van der Waals surface area (Å²) in [4.78, 5) is 8.46. The van der Waals surface area contributed by atoms with Gasteiger partial charge >= 0.3 is 0 Å². The van der Waals surface area contributed by atoms with Gasteiger partial charge in [0.25, 0.3) is 0 Å². The van der Waals surface area contributed by atoms with Gasteiger partial charge < -0.3 is 14.5 Å². The number of nitrogens with one attached hydrogen (secondary N) is 1. The number of H-pyrrole nitrogens is 1. The predicted octanol–water partition coefficient (Wildman–Crippen LogP) is 5.79. The number of para-hydroxylation sites is 1. The van der Waals surface area contributed by atoms with Gasteiger partial charge in [-0.15, -0.1) is 0 Å². The van der Waals surface area contributed by atoms with E-state index in [1.165, 1.54) is 25.7 Å². The van der Waals surface area contributed by atoms with Crippen LogP contribution in [0, 0.1) is 5.41 Å². The van der Waals surface area contributed by atoms with Crippen molar-refractivity contribution < 1.29 is 9.47 Å². The van der Waals surface area contributed by atoms with E-state index in [-0.39, 0.29) is 0 Å². The van der Waals surface area contributed by atoms with Crippen LogP contribution < -0.4 is 4.74 Å². The predicted molar refractivity (Wildman–Crippen MR) is 105 cm³/mol. The van der Waals surface area contributed by atoms with E-state index in [2.05, 4.69) is 27.0 Å². The van der Waals surface area contributed by atoms with Gasteiger partial charge in [0, 0.05) is 19.1 Å². The highest BCUT2D eigenvalue weighted by atomic mass is 79.9. The molecule has 2 heterocycles. The number of aromatic nitrogens is 2. The molecule has 134 valence electrons. The van der Waals surface area contributed by atoms with Crippen LogP contribution in [0.15, 0.2) is 46.9 Å². The number of fused-ring (bicyclic) bond motifs is 1. The average Bonchev–Trinajstić information content (AvgIpc) is 3.08. The van der Waals surface area contributed by atoms with Crippen molar-refractivity contribution in [3.8, 4) is 11.5 Å². The van der Waals surface area contributed by atoms with Crippen LogP contribution in [0.4, 0.5) is 0 Å². The Morgan fingerprint density at radius 1 is 1.08 bits per heavy atom. The largest absolute Gasteiger partial charge is 0.454 e. The third-order valence-electron chi connectivity index (χ3n) is 5.84. The zero-order valence-corrected chi connectivity index (χ0v) is 16.1. The molecule has 1 aliphatic carbocycles. The van der Waals surface area contributed by atoms with Crippen molar-refractivity contribution in [1.29, 1.82) is 0 Å². The molecule has 4 nitrogen and oxygen atoms in total. The molecule has 5 heteroatoms. The Labute approximate surface area is 161 Å². The highest BCUT2D eigenvalue weighted by Gasteiger charge is 2.46. The van der Waals surface area contributed by atoms with Crippen LogP contribution in [-0.2, 0) is 4.74 Å². The first-order valence-electron chi connectivity index (χ1n) is 9.21. The van der Waals surface area contributed by atoms with E-state index < -0.39 is 0 Å². The van der Waals surface area contributed by atoms with Crippen LogP contribution in [0.2, 0.25) is 0 Å². The molecule has 1 aliphatic heterocycles. The molecule has 0 unspecified atom stereocenters. The summed E-state index contributed by atoms with van der Waals surface area (Å²) in [6.07, 6.45) is 4.81. The normalized spacial score (nSPS) is 19.6. The first-order chi connectivity index (χ1) is 12.7. The first-order valence-corrected chi connectivity index (χ1v) is 10.0. The molecule has 5 rings (SSSR count). The van der Waals surface area contributed by atoms with Gasteiger partial charge in [-0.25, -0.2) is 4.98 Å². The molecule has 2 aliphatic rings. The Morgan fingerprint density at radius 2 is 1.85 bits per heavy atom. The maximum absolute atomic E-state index is 6.13. The molecule has 1 N–H and O–H groups in total. The minimum atomic E-state index is 0.492. The SMILES string of the molecule is Brc1ccc2[nH]c(C3CC4(CCOCC4)C3)nc2c1Oc1ccccc1. The molecule has 1 saturated heterocycles. The summed E-state index contributed by atoms with van der Waals surface area (Å²) in [7, 11) is 0. The van der Waals surface area contributed by atoms with E-state index in [1.54, 1.807) is 0 Å². The van der Waals surface area contributed by atoms with Crippen molar-refractivity contribution in [1.82, 2.24) is 9.97 Å². The Bertz CT molecular complexity index is 924. The van der Waals surface area contributed by atoms with Gasteiger partial charge in [0.1, 0.15) is 17.1 Å². The monoisotopic (exact) mass is 412 g/mol. The molecule has 1 saturated carbocycles. The number of ether oxygens (including phenoxy) is 2. The average molecular weight is 413 g/mol. The molecule has 26 heavy (non-hydrogen) atoms. The van der Waals surface area contributed by atoms with Crippen LogP contribution in [0.5, 0.6) is 11.5 Å². The molecule has 1 spiro atoms. The molecule has 3 aromatic rings. The highest BCUT2D eigenvalue weighted by molar-refractivity contribution is 9.10. The quantitative estimate of drug-likeness (QED) is 0.591.